The quantitative estimate of drug-likeness (QED) is 0.353. The average molecular weight is 390 g/mol. The largest absolute Gasteiger partial charge is 0.508 e. The molecule has 0 aliphatic rings. The van der Waals surface area contributed by atoms with Crippen molar-refractivity contribution in [3.05, 3.63) is 83.8 Å². The maximum atomic E-state index is 14.2. The van der Waals surface area contributed by atoms with Gasteiger partial charge in [0.1, 0.15) is 11.6 Å². The van der Waals surface area contributed by atoms with Crippen LogP contribution in [-0.2, 0) is 12.8 Å². The first-order chi connectivity index (χ1) is 13.7. The van der Waals surface area contributed by atoms with E-state index in [2.05, 4.69) is 9.97 Å². The van der Waals surface area contributed by atoms with Crippen molar-refractivity contribution in [1.29, 1.82) is 0 Å². The molecule has 0 saturated heterocycles. The van der Waals surface area contributed by atoms with E-state index in [9.17, 15) is 9.50 Å². The highest BCUT2D eigenvalue weighted by atomic mass is 32.2. The molecule has 3 aromatic carbocycles. The summed E-state index contributed by atoms with van der Waals surface area (Å²) < 4.78 is 14.2. The Kier molecular flexibility index (Phi) is 5.26. The summed E-state index contributed by atoms with van der Waals surface area (Å²) in [4.78, 5) is 9.27. The predicted molar refractivity (Wildman–Crippen MR) is 112 cm³/mol. The van der Waals surface area contributed by atoms with Crippen molar-refractivity contribution in [2.75, 3.05) is 6.26 Å². The van der Waals surface area contributed by atoms with Gasteiger partial charge < -0.3 is 5.11 Å². The highest BCUT2D eigenvalue weighted by Crippen LogP contribution is 2.30. The second-order valence-electron chi connectivity index (χ2n) is 6.50. The molecule has 0 atom stereocenters. The Morgan fingerprint density at radius 2 is 1.64 bits per heavy atom. The highest BCUT2D eigenvalue weighted by Gasteiger charge is 2.12. The molecular formula is C23H19FN2OS. The summed E-state index contributed by atoms with van der Waals surface area (Å²) in [6.07, 6.45) is 3.30. The van der Waals surface area contributed by atoms with Crippen molar-refractivity contribution in [2.45, 2.75) is 18.0 Å². The lowest BCUT2D eigenvalue weighted by molar-refractivity contribution is 0.468. The lowest BCUT2D eigenvalue weighted by atomic mass is 10.0. The molecule has 0 aliphatic heterocycles. The molecule has 0 amide bonds. The first kappa shape index (κ1) is 18.4. The molecule has 1 N–H and O–H groups in total. The Morgan fingerprint density at radius 1 is 0.893 bits per heavy atom. The number of rotatable bonds is 5. The van der Waals surface area contributed by atoms with Gasteiger partial charge in [0.15, 0.2) is 5.16 Å². The van der Waals surface area contributed by atoms with Crippen LogP contribution in [0.1, 0.15) is 11.3 Å². The number of halogens is 1. The molecule has 0 saturated carbocycles. The molecule has 140 valence electrons. The van der Waals surface area contributed by atoms with E-state index >= 15 is 0 Å². The number of phenols is 1. The minimum atomic E-state index is -0.238. The molecule has 4 rings (SSSR count). The maximum absolute atomic E-state index is 14.2. The van der Waals surface area contributed by atoms with Gasteiger partial charge >= 0.3 is 0 Å². The van der Waals surface area contributed by atoms with Crippen molar-refractivity contribution in [3.8, 4) is 17.0 Å². The zero-order valence-corrected chi connectivity index (χ0v) is 16.2. The number of hydrogen-bond acceptors (Lipinski definition) is 4. The van der Waals surface area contributed by atoms with Gasteiger partial charge in [-0.05, 0) is 54.3 Å². The third kappa shape index (κ3) is 3.71. The minimum Gasteiger partial charge on any atom is -0.508 e. The number of fused-ring (bicyclic) bond motifs is 1. The van der Waals surface area contributed by atoms with Gasteiger partial charge in [0, 0.05) is 16.6 Å². The number of para-hydroxylation sites is 1. The fourth-order valence-corrected chi connectivity index (χ4v) is 3.70. The SMILES string of the molecule is CSc1nc(CCc2ccccc2O)cc(-c2ccc(F)c3ccccc23)n1. The van der Waals surface area contributed by atoms with Crippen molar-refractivity contribution in [2.24, 2.45) is 0 Å². The highest BCUT2D eigenvalue weighted by molar-refractivity contribution is 7.98. The summed E-state index contributed by atoms with van der Waals surface area (Å²) in [5, 5.41) is 12.1. The minimum absolute atomic E-state index is 0.238. The number of phenolic OH excluding ortho intramolecular Hbond substituents is 1. The molecule has 0 unspecified atom stereocenters. The molecule has 1 aromatic heterocycles. The van der Waals surface area contributed by atoms with Crippen molar-refractivity contribution >= 4 is 22.5 Å². The van der Waals surface area contributed by atoms with Gasteiger partial charge in [-0.15, -0.1) is 0 Å². The summed E-state index contributed by atoms with van der Waals surface area (Å²) in [5.41, 5.74) is 3.45. The summed E-state index contributed by atoms with van der Waals surface area (Å²) in [5.74, 6) is 0.0599. The smallest absolute Gasteiger partial charge is 0.188 e. The van der Waals surface area contributed by atoms with Crippen molar-refractivity contribution < 1.29 is 9.50 Å². The lowest BCUT2D eigenvalue weighted by Gasteiger charge is -2.11. The number of aromatic hydroxyl groups is 1. The molecule has 0 spiro atoms. The van der Waals surface area contributed by atoms with E-state index in [-0.39, 0.29) is 5.82 Å². The van der Waals surface area contributed by atoms with Crippen LogP contribution in [0.2, 0.25) is 0 Å². The summed E-state index contributed by atoms with van der Waals surface area (Å²) in [6.45, 7) is 0. The van der Waals surface area contributed by atoms with Crippen LogP contribution in [0.25, 0.3) is 22.0 Å². The van der Waals surface area contributed by atoms with Gasteiger partial charge in [-0.2, -0.15) is 0 Å². The molecule has 3 nitrogen and oxygen atoms in total. The lowest BCUT2D eigenvalue weighted by Crippen LogP contribution is -2.00. The Hall–Kier alpha value is -2.92. The Bertz CT molecular complexity index is 1150. The van der Waals surface area contributed by atoms with Crippen LogP contribution in [0.4, 0.5) is 4.39 Å². The zero-order chi connectivity index (χ0) is 19.5. The topological polar surface area (TPSA) is 46.0 Å². The number of nitrogens with zero attached hydrogens (tertiary/aromatic N) is 2. The number of hydrogen-bond donors (Lipinski definition) is 1. The molecule has 0 fully saturated rings. The van der Waals surface area contributed by atoms with Crippen LogP contribution >= 0.6 is 11.8 Å². The normalized spacial score (nSPS) is 11.1. The van der Waals surface area contributed by atoms with Gasteiger partial charge in [-0.25, -0.2) is 14.4 Å². The third-order valence-electron chi connectivity index (χ3n) is 4.73. The number of aryl methyl sites for hydroxylation is 2. The van der Waals surface area contributed by atoms with Crippen LogP contribution in [0, 0.1) is 5.82 Å². The van der Waals surface area contributed by atoms with Gasteiger partial charge in [-0.1, -0.05) is 54.2 Å². The van der Waals surface area contributed by atoms with Gasteiger partial charge in [-0.3, -0.25) is 0 Å². The summed E-state index contributed by atoms with van der Waals surface area (Å²) in [7, 11) is 0. The molecule has 4 aromatic rings. The van der Waals surface area contributed by atoms with Crippen LogP contribution < -0.4 is 0 Å². The fraction of sp³-hybridized carbons (Fsp3) is 0.130. The Labute approximate surface area is 167 Å². The van der Waals surface area contributed by atoms with Crippen LogP contribution in [0.15, 0.2) is 71.9 Å². The summed E-state index contributed by atoms with van der Waals surface area (Å²) >= 11 is 1.48. The molecule has 0 aliphatic carbocycles. The van der Waals surface area contributed by atoms with Crippen LogP contribution in [-0.4, -0.2) is 21.3 Å². The van der Waals surface area contributed by atoms with Gasteiger partial charge in [0.2, 0.25) is 0 Å². The maximum Gasteiger partial charge on any atom is 0.188 e. The first-order valence-electron chi connectivity index (χ1n) is 9.02. The number of aromatic nitrogens is 2. The van der Waals surface area contributed by atoms with Gasteiger partial charge in [0.25, 0.3) is 0 Å². The molecule has 28 heavy (non-hydrogen) atoms. The monoisotopic (exact) mass is 390 g/mol. The van der Waals surface area contributed by atoms with Crippen LogP contribution in [0.3, 0.4) is 0 Å². The summed E-state index contributed by atoms with van der Waals surface area (Å²) in [6, 6.07) is 20.0. The molecule has 0 radical (unpaired) electrons. The van der Waals surface area contributed by atoms with E-state index in [4.69, 9.17) is 0 Å². The fourth-order valence-electron chi connectivity index (χ4n) is 3.30. The molecule has 0 bridgehead atoms. The number of benzene rings is 3. The number of thioether (sulfide) groups is 1. The molecule has 5 heteroatoms. The van der Waals surface area contributed by atoms with E-state index < -0.39 is 0 Å². The van der Waals surface area contributed by atoms with Gasteiger partial charge in [0.05, 0.1) is 5.69 Å². The first-order valence-corrected chi connectivity index (χ1v) is 10.2. The van der Waals surface area contributed by atoms with E-state index in [0.717, 1.165) is 27.9 Å². The standard InChI is InChI=1S/C23H19FN2OS/c1-28-23-25-16(11-10-15-6-2-5-9-22(15)27)14-21(26-23)19-12-13-20(24)18-8-4-3-7-17(18)19/h2-9,12-14,27H,10-11H2,1H3. The average Bonchev–Trinajstić information content (AvgIpc) is 2.73. The van der Waals surface area contributed by atoms with E-state index in [0.29, 0.717) is 29.1 Å². The third-order valence-corrected chi connectivity index (χ3v) is 5.28. The van der Waals surface area contributed by atoms with Crippen LogP contribution in [0.5, 0.6) is 5.75 Å². The second-order valence-corrected chi connectivity index (χ2v) is 7.27. The van der Waals surface area contributed by atoms with Crippen molar-refractivity contribution in [3.63, 3.8) is 0 Å². The molecular weight excluding hydrogens is 371 g/mol. The molecule has 1 heterocycles. The Morgan fingerprint density at radius 3 is 2.43 bits per heavy atom. The van der Waals surface area contributed by atoms with E-state index in [1.54, 1.807) is 18.2 Å². The van der Waals surface area contributed by atoms with Crippen molar-refractivity contribution in [1.82, 2.24) is 9.97 Å². The van der Waals surface area contributed by atoms with E-state index in [1.807, 2.05) is 48.7 Å². The van der Waals surface area contributed by atoms with E-state index in [1.165, 1.54) is 17.8 Å². The second kappa shape index (κ2) is 7.98. The Balaban J connectivity index is 1.74. The zero-order valence-electron chi connectivity index (χ0n) is 15.4. The predicted octanol–water partition coefficient (Wildman–Crippen LogP) is 5.65.